The van der Waals surface area contributed by atoms with Crippen LogP contribution in [0.25, 0.3) is 0 Å². The highest BCUT2D eigenvalue weighted by atomic mass is 19.1. The molecule has 0 aliphatic rings. The topological polar surface area (TPSA) is 26.3 Å². The fourth-order valence-electron chi connectivity index (χ4n) is 1.66. The Morgan fingerprint density at radius 3 is 2.62 bits per heavy atom. The van der Waals surface area contributed by atoms with E-state index in [0.29, 0.717) is 24.2 Å². The summed E-state index contributed by atoms with van der Waals surface area (Å²) in [6, 6.07) is 3.19. The number of methoxy groups -OCH3 is 1. The van der Waals surface area contributed by atoms with Gasteiger partial charge in [-0.25, -0.2) is 4.39 Å². The molecule has 0 saturated carbocycles. The van der Waals surface area contributed by atoms with Gasteiger partial charge in [0.25, 0.3) is 0 Å². The maximum absolute atomic E-state index is 13.6. The van der Waals surface area contributed by atoms with Crippen LogP contribution in [0.3, 0.4) is 0 Å². The zero-order chi connectivity index (χ0) is 12.1. The van der Waals surface area contributed by atoms with Gasteiger partial charge in [-0.1, -0.05) is 13.8 Å². The zero-order valence-electron chi connectivity index (χ0n) is 9.92. The van der Waals surface area contributed by atoms with Crippen molar-refractivity contribution in [2.75, 3.05) is 7.11 Å². The Morgan fingerprint density at radius 2 is 2.12 bits per heavy atom. The summed E-state index contributed by atoms with van der Waals surface area (Å²) in [4.78, 5) is 10.3. The molecule has 2 nitrogen and oxygen atoms in total. The Balaban J connectivity index is 3.12. The van der Waals surface area contributed by atoms with E-state index in [-0.39, 0.29) is 11.7 Å². The molecule has 16 heavy (non-hydrogen) atoms. The summed E-state index contributed by atoms with van der Waals surface area (Å²) in [5.74, 6) is 0.395. The van der Waals surface area contributed by atoms with Gasteiger partial charge in [0.1, 0.15) is 17.9 Å². The molecule has 3 heteroatoms. The second-order valence-corrected chi connectivity index (χ2v) is 4.05. The molecule has 0 radical (unpaired) electrons. The van der Waals surface area contributed by atoms with Gasteiger partial charge in [0, 0.05) is 12.5 Å². The molecule has 0 amide bonds. The molecule has 88 valence electrons. The van der Waals surface area contributed by atoms with Crippen LogP contribution in [0.2, 0.25) is 0 Å². The number of aldehydes is 1. The molecule has 1 aromatic rings. The lowest BCUT2D eigenvalue weighted by atomic mass is 9.97. The fraction of sp³-hybridized carbons (Fsp3) is 0.462. The Hall–Kier alpha value is -1.38. The minimum Gasteiger partial charge on any atom is -0.496 e. The molecule has 0 spiro atoms. The number of ether oxygens (including phenoxy) is 1. The van der Waals surface area contributed by atoms with Crippen LogP contribution in [0.4, 0.5) is 4.39 Å². The molecular weight excluding hydrogens is 207 g/mol. The lowest BCUT2D eigenvalue weighted by molar-refractivity contribution is -0.107. The fourth-order valence-corrected chi connectivity index (χ4v) is 1.66. The minimum absolute atomic E-state index is 0.126. The zero-order valence-corrected chi connectivity index (χ0v) is 9.92. The van der Waals surface area contributed by atoms with Crippen LogP contribution >= 0.6 is 0 Å². The quantitative estimate of drug-likeness (QED) is 0.718. The molecule has 0 aromatic heterocycles. The Bertz CT molecular complexity index is 372. The van der Waals surface area contributed by atoms with Crippen molar-refractivity contribution in [1.29, 1.82) is 0 Å². The van der Waals surface area contributed by atoms with Gasteiger partial charge in [-0.15, -0.1) is 0 Å². The molecule has 0 saturated heterocycles. The van der Waals surface area contributed by atoms with E-state index in [0.717, 1.165) is 11.8 Å². The number of hydrogen-bond donors (Lipinski definition) is 0. The predicted octanol–water partition coefficient (Wildman–Crippen LogP) is 3.09. The van der Waals surface area contributed by atoms with E-state index < -0.39 is 0 Å². The number of aryl methyl sites for hydroxylation is 1. The van der Waals surface area contributed by atoms with Crippen LogP contribution < -0.4 is 4.74 Å². The SMILES string of the molecule is COc1cc(F)c(C(C)C)cc1CCC=O. The van der Waals surface area contributed by atoms with Gasteiger partial charge in [-0.2, -0.15) is 0 Å². The van der Waals surface area contributed by atoms with Gasteiger partial charge in [-0.3, -0.25) is 0 Å². The lowest BCUT2D eigenvalue weighted by Gasteiger charge is -2.13. The molecule has 0 N–H and O–H groups in total. The molecule has 0 atom stereocenters. The van der Waals surface area contributed by atoms with Crippen LogP contribution in [0.1, 0.15) is 37.3 Å². The predicted molar refractivity (Wildman–Crippen MR) is 61.4 cm³/mol. The van der Waals surface area contributed by atoms with Crippen molar-refractivity contribution in [3.05, 3.63) is 29.1 Å². The number of carbonyl (C=O) groups excluding carboxylic acids is 1. The third-order valence-electron chi connectivity index (χ3n) is 2.55. The molecular formula is C13H17FO2. The first-order valence-corrected chi connectivity index (χ1v) is 5.40. The standard InChI is InChI=1S/C13H17FO2/c1-9(2)11-7-10(5-4-6-15)13(16-3)8-12(11)14/h6-9H,4-5H2,1-3H3. The highest BCUT2D eigenvalue weighted by Crippen LogP contribution is 2.28. The molecule has 0 aliphatic heterocycles. The van der Waals surface area contributed by atoms with Crippen LogP contribution in [-0.2, 0) is 11.2 Å². The van der Waals surface area contributed by atoms with Gasteiger partial charge in [0.2, 0.25) is 0 Å². The van der Waals surface area contributed by atoms with E-state index in [4.69, 9.17) is 4.74 Å². The van der Waals surface area contributed by atoms with E-state index in [9.17, 15) is 9.18 Å². The lowest BCUT2D eigenvalue weighted by Crippen LogP contribution is -2.00. The molecule has 0 bridgehead atoms. The third-order valence-corrected chi connectivity index (χ3v) is 2.55. The molecule has 0 aliphatic carbocycles. The maximum atomic E-state index is 13.6. The summed E-state index contributed by atoms with van der Waals surface area (Å²) in [6.07, 6.45) is 1.88. The summed E-state index contributed by atoms with van der Waals surface area (Å²) in [6.45, 7) is 3.88. The van der Waals surface area contributed by atoms with Crippen molar-refractivity contribution >= 4 is 6.29 Å². The number of rotatable bonds is 5. The van der Waals surface area contributed by atoms with Crippen LogP contribution in [0, 0.1) is 5.82 Å². The highest BCUT2D eigenvalue weighted by molar-refractivity contribution is 5.51. The van der Waals surface area contributed by atoms with Gasteiger partial charge in [0.05, 0.1) is 7.11 Å². The second-order valence-electron chi connectivity index (χ2n) is 4.05. The number of halogens is 1. The minimum atomic E-state index is -0.248. The van der Waals surface area contributed by atoms with Crippen LogP contribution in [0.5, 0.6) is 5.75 Å². The molecule has 0 heterocycles. The summed E-state index contributed by atoms with van der Waals surface area (Å²) in [5, 5.41) is 0. The normalized spacial score (nSPS) is 10.6. The Morgan fingerprint density at radius 1 is 1.44 bits per heavy atom. The Kier molecular flexibility index (Phi) is 4.47. The first-order chi connectivity index (χ1) is 7.60. The van der Waals surface area contributed by atoms with Crippen molar-refractivity contribution in [1.82, 2.24) is 0 Å². The van der Waals surface area contributed by atoms with Crippen molar-refractivity contribution < 1.29 is 13.9 Å². The largest absolute Gasteiger partial charge is 0.496 e. The van der Waals surface area contributed by atoms with E-state index >= 15 is 0 Å². The summed E-state index contributed by atoms with van der Waals surface area (Å²) >= 11 is 0. The third kappa shape index (κ3) is 2.81. The van der Waals surface area contributed by atoms with E-state index in [1.54, 1.807) is 6.07 Å². The number of benzene rings is 1. The Labute approximate surface area is 95.4 Å². The summed E-state index contributed by atoms with van der Waals surface area (Å²) < 4.78 is 18.7. The van der Waals surface area contributed by atoms with Gasteiger partial charge >= 0.3 is 0 Å². The first kappa shape index (κ1) is 12.7. The number of hydrogen-bond acceptors (Lipinski definition) is 2. The van der Waals surface area contributed by atoms with Crippen molar-refractivity contribution in [2.45, 2.75) is 32.6 Å². The summed E-state index contributed by atoms with van der Waals surface area (Å²) in [7, 11) is 1.51. The van der Waals surface area contributed by atoms with Crippen molar-refractivity contribution in [3.63, 3.8) is 0 Å². The summed E-state index contributed by atoms with van der Waals surface area (Å²) in [5.41, 5.74) is 1.56. The van der Waals surface area contributed by atoms with Crippen molar-refractivity contribution in [3.8, 4) is 5.75 Å². The second kappa shape index (κ2) is 5.64. The van der Waals surface area contributed by atoms with Crippen molar-refractivity contribution in [2.24, 2.45) is 0 Å². The number of carbonyl (C=O) groups is 1. The highest BCUT2D eigenvalue weighted by Gasteiger charge is 2.12. The monoisotopic (exact) mass is 224 g/mol. The average molecular weight is 224 g/mol. The molecule has 0 unspecified atom stereocenters. The smallest absolute Gasteiger partial charge is 0.130 e. The molecule has 0 fully saturated rings. The average Bonchev–Trinajstić information content (AvgIpc) is 2.26. The van der Waals surface area contributed by atoms with Crippen LogP contribution in [-0.4, -0.2) is 13.4 Å². The first-order valence-electron chi connectivity index (χ1n) is 5.40. The van der Waals surface area contributed by atoms with E-state index in [2.05, 4.69) is 0 Å². The van der Waals surface area contributed by atoms with Crippen LogP contribution in [0.15, 0.2) is 12.1 Å². The molecule has 1 rings (SSSR count). The molecule has 1 aromatic carbocycles. The maximum Gasteiger partial charge on any atom is 0.130 e. The van der Waals surface area contributed by atoms with Gasteiger partial charge in [0.15, 0.2) is 0 Å². The van der Waals surface area contributed by atoms with E-state index in [1.807, 2.05) is 13.8 Å². The van der Waals surface area contributed by atoms with E-state index in [1.165, 1.54) is 13.2 Å². The van der Waals surface area contributed by atoms with Gasteiger partial charge in [-0.05, 0) is 29.5 Å². The van der Waals surface area contributed by atoms with Gasteiger partial charge < -0.3 is 9.53 Å².